The second-order valence-corrected chi connectivity index (χ2v) is 4.23. The van der Waals surface area contributed by atoms with Crippen molar-refractivity contribution in [2.75, 3.05) is 0 Å². The molecule has 0 aliphatic heterocycles. The molecular weight excluding hydrogens is 287 g/mol. The first-order valence-corrected chi connectivity index (χ1v) is 5.43. The fourth-order valence-corrected chi connectivity index (χ4v) is 1.49. The van der Waals surface area contributed by atoms with Crippen molar-refractivity contribution in [2.45, 2.75) is 6.42 Å². The Morgan fingerprint density at radius 2 is 1.64 bits per heavy atom. The van der Waals surface area contributed by atoms with Gasteiger partial charge < -0.3 is 0 Å². The van der Waals surface area contributed by atoms with Crippen LogP contribution in [0.1, 0.15) is 11.4 Å². The second-order valence-electron chi connectivity index (χ2n) is 2.98. The van der Waals surface area contributed by atoms with E-state index in [1.807, 2.05) is 30.6 Å². The summed E-state index contributed by atoms with van der Waals surface area (Å²) in [4.78, 5) is 8.51. The lowest BCUT2D eigenvalue weighted by atomic mass is 10.1. The molecule has 1 aromatic carbocycles. The zero-order valence-corrected chi connectivity index (χ0v) is 9.68. The lowest BCUT2D eigenvalue weighted by Crippen LogP contribution is -1.95. The predicted molar refractivity (Wildman–Crippen MR) is 64.0 cm³/mol. The van der Waals surface area contributed by atoms with Crippen LogP contribution < -0.4 is 0 Å². The predicted octanol–water partition coefficient (Wildman–Crippen LogP) is 2.67. The number of rotatable bonds is 2. The van der Waals surface area contributed by atoms with E-state index in [0.29, 0.717) is 0 Å². The Bertz CT molecular complexity index is 397. The summed E-state index contributed by atoms with van der Waals surface area (Å²) in [7, 11) is 0. The van der Waals surface area contributed by atoms with Gasteiger partial charge in [0.05, 0.1) is 0 Å². The van der Waals surface area contributed by atoms with Crippen LogP contribution >= 0.6 is 22.6 Å². The molecule has 0 bridgehead atoms. The summed E-state index contributed by atoms with van der Waals surface area (Å²) in [6.07, 6.45) is 4.48. The molecule has 70 valence electrons. The van der Waals surface area contributed by atoms with Gasteiger partial charge in [-0.05, 0) is 28.2 Å². The molecule has 0 saturated carbocycles. The molecule has 1 heterocycles. The Morgan fingerprint density at radius 1 is 1.00 bits per heavy atom. The Morgan fingerprint density at radius 3 is 2.29 bits per heavy atom. The normalized spacial score (nSPS) is 10.1. The number of hydrogen-bond donors (Lipinski definition) is 0. The van der Waals surface area contributed by atoms with Crippen molar-refractivity contribution in [3.8, 4) is 0 Å². The van der Waals surface area contributed by atoms with E-state index in [9.17, 15) is 0 Å². The van der Waals surface area contributed by atoms with E-state index in [2.05, 4.69) is 44.7 Å². The van der Waals surface area contributed by atoms with E-state index in [1.54, 1.807) is 0 Å². The maximum atomic E-state index is 4.25. The van der Waals surface area contributed by atoms with Crippen LogP contribution in [-0.4, -0.2) is 9.97 Å². The molecule has 0 saturated heterocycles. The Labute approximate surface area is 96.6 Å². The molecule has 0 fully saturated rings. The highest BCUT2D eigenvalue weighted by atomic mass is 127. The monoisotopic (exact) mass is 296 g/mol. The van der Waals surface area contributed by atoms with Crippen LogP contribution in [0.2, 0.25) is 0 Å². The smallest absolute Gasteiger partial charge is 0.132 e. The summed E-state index contributed by atoms with van der Waals surface area (Å²) in [6.45, 7) is 0. The quantitative estimate of drug-likeness (QED) is 0.796. The van der Waals surface area contributed by atoms with E-state index in [4.69, 9.17) is 0 Å². The molecule has 0 radical (unpaired) electrons. The van der Waals surface area contributed by atoms with Gasteiger partial charge in [-0.1, -0.05) is 30.3 Å². The maximum absolute atomic E-state index is 4.25. The van der Waals surface area contributed by atoms with Gasteiger partial charge in [0.25, 0.3) is 0 Å². The highest BCUT2D eigenvalue weighted by molar-refractivity contribution is 14.1. The summed E-state index contributed by atoms with van der Waals surface area (Å²) < 4.78 is 1.07. The lowest BCUT2D eigenvalue weighted by molar-refractivity contribution is 0.961. The minimum atomic E-state index is 0.803. The molecular formula is C11H9IN2. The number of halogens is 1. The summed E-state index contributed by atoms with van der Waals surface area (Å²) in [6, 6.07) is 10.2. The zero-order chi connectivity index (χ0) is 9.80. The molecule has 0 amide bonds. The summed E-state index contributed by atoms with van der Waals surface area (Å²) in [5.74, 6) is 0.872. The molecule has 0 aliphatic rings. The van der Waals surface area contributed by atoms with Crippen LogP contribution in [0.25, 0.3) is 0 Å². The third kappa shape index (κ3) is 2.51. The van der Waals surface area contributed by atoms with E-state index in [1.165, 1.54) is 5.56 Å². The van der Waals surface area contributed by atoms with Gasteiger partial charge in [-0.25, -0.2) is 9.97 Å². The fourth-order valence-electron chi connectivity index (χ4n) is 1.21. The molecule has 14 heavy (non-hydrogen) atoms. The largest absolute Gasteiger partial charge is 0.240 e. The van der Waals surface area contributed by atoms with Crippen LogP contribution in [-0.2, 0) is 6.42 Å². The van der Waals surface area contributed by atoms with Crippen molar-refractivity contribution in [3.63, 3.8) is 0 Å². The van der Waals surface area contributed by atoms with Gasteiger partial charge >= 0.3 is 0 Å². The van der Waals surface area contributed by atoms with Crippen LogP contribution in [0.3, 0.4) is 0 Å². The summed E-state index contributed by atoms with van der Waals surface area (Å²) in [5, 5.41) is 0. The Kier molecular flexibility index (Phi) is 3.08. The average molecular weight is 296 g/mol. The molecule has 2 rings (SSSR count). The molecule has 0 unspecified atom stereocenters. The molecule has 0 atom stereocenters. The van der Waals surface area contributed by atoms with E-state index in [0.717, 1.165) is 15.8 Å². The lowest BCUT2D eigenvalue weighted by Gasteiger charge is -1.99. The van der Waals surface area contributed by atoms with Crippen LogP contribution in [0.4, 0.5) is 0 Å². The first-order valence-electron chi connectivity index (χ1n) is 4.35. The highest BCUT2D eigenvalue weighted by Gasteiger charge is 1.97. The zero-order valence-electron chi connectivity index (χ0n) is 7.52. The maximum Gasteiger partial charge on any atom is 0.132 e. The first-order chi connectivity index (χ1) is 6.84. The first kappa shape index (κ1) is 9.58. The molecule has 0 spiro atoms. The van der Waals surface area contributed by atoms with Crippen LogP contribution in [0, 0.1) is 3.57 Å². The molecule has 2 nitrogen and oxygen atoms in total. The second kappa shape index (κ2) is 4.50. The third-order valence-corrected chi connectivity index (χ3v) is 2.44. The summed E-state index contributed by atoms with van der Waals surface area (Å²) >= 11 is 2.20. The van der Waals surface area contributed by atoms with Crippen molar-refractivity contribution in [2.24, 2.45) is 0 Å². The van der Waals surface area contributed by atoms with Gasteiger partial charge in [-0.2, -0.15) is 0 Å². The average Bonchev–Trinajstić information content (AvgIpc) is 2.23. The SMILES string of the molecule is Ic1cnc(Cc2ccccc2)nc1. The van der Waals surface area contributed by atoms with Gasteiger partial charge in [0.2, 0.25) is 0 Å². The van der Waals surface area contributed by atoms with Crippen molar-refractivity contribution in [3.05, 3.63) is 57.7 Å². The topological polar surface area (TPSA) is 25.8 Å². The van der Waals surface area contributed by atoms with E-state index < -0.39 is 0 Å². The van der Waals surface area contributed by atoms with Gasteiger partial charge in [0, 0.05) is 22.4 Å². The van der Waals surface area contributed by atoms with Crippen molar-refractivity contribution < 1.29 is 0 Å². The van der Waals surface area contributed by atoms with E-state index >= 15 is 0 Å². The molecule has 3 heteroatoms. The molecule has 1 aromatic heterocycles. The van der Waals surface area contributed by atoms with Crippen molar-refractivity contribution >= 4 is 22.6 Å². The highest BCUT2D eigenvalue weighted by Crippen LogP contribution is 2.05. The van der Waals surface area contributed by atoms with Crippen LogP contribution in [0.15, 0.2) is 42.7 Å². The van der Waals surface area contributed by atoms with Gasteiger partial charge in [-0.15, -0.1) is 0 Å². The van der Waals surface area contributed by atoms with Gasteiger partial charge in [-0.3, -0.25) is 0 Å². The molecule has 0 N–H and O–H groups in total. The Hall–Kier alpha value is -0.970. The molecule has 0 aliphatic carbocycles. The Balaban J connectivity index is 2.16. The molecule has 2 aromatic rings. The van der Waals surface area contributed by atoms with Gasteiger partial charge in [0.1, 0.15) is 5.82 Å². The minimum Gasteiger partial charge on any atom is -0.240 e. The summed E-state index contributed by atoms with van der Waals surface area (Å²) in [5.41, 5.74) is 1.24. The van der Waals surface area contributed by atoms with Crippen molar-refractivity contribution in [1.82, 2.24) is 9.97 Å². The standard InChI is InChI=1S/C11H9IN2/c12-10-7-13-11(14-8-10)6-9-4-2-1-3-5-9/h1-5,7-8H,6H2. The minimum absolute atomic E-state index is 0.803. The number of hydrogen-bond acceptors (Lipinski definition) is 2. The number of benzene rings is 1. The van der Waals surface area contributed by atoms with Crippen LogP contribution in [0.5, 0.6) is 0 Å². The van der Waals surface area contributed by atoms with Gasteiger partial charge in [0.15, 0.2) is 0 Å². The fraction of sp³-hybridized carbons (Fsp3) is 0.0909. The van der Waals surface area contributed by atoms with E-state index in [-0.39, 0.29) is 0 Å². The number of nitrogens with zero attached hydrogens (tertiary/aromatic N) is 2. The van der Waals surface area contributed by atoms with Crippen molar-refractivity contribution in [1.29, 1.82) is 0 Å². The number of aromatic nitrogens is 2. The third-order valence-electron chi connectivity index (χ3n) is 1.88.